The van der Waals surface area contributed by atoms with Crippen molar-refractivity contribution in [2.75, 3.05) is 62.2 Å². The molecule has 0 radical (unpaired) electrons. The number of aromatic carboxylic acids is 1. The fourth-order valence-electron chi connectivity index (χ4n) is 15.1. The standard InChI is InChI=1S/C20H26N2O3S.C16H21NO5.C16H23NO4.C14H19NO4.C9H13NO5.C8H12O2.C6H10NS.C4H6O3.C2H6O.BrH.K.Na.H2O5S.H2O/c1-13-16(19(24)25-20(2,3)4)14-8-7-9-22(14)17(13)18(23)15(12-21)26-10-5-6-11-26;1-9-11(14(19)22-16(2,3)4)10-7-6-8-17(10)12(9)13(18)15(20)21-5;1-6-20-15(19)13-10(2)12(11-8-7-9-17(11)13)14(18)21-16(3,4)5;1-8-10(13(18)19-14(2,3)4)9-6-5-7-15(9)11(8)12(16)17;1-2-15-9(14)7(11)10-5-3-4-6(10)8(12)13;1-5-6-7(9)10-8(2,3)4;7-3-6-8-4-1-2-5-8;1-3(5)7-4(2)6;1-2-3;;;;1-5-6(2,3)4;/h5-11H2,1-4H3;6-8H2,1-5H3;6-9H2,1-5H3;5-7H2,1-4H3,(H,16,17);6H,2-5H2,1H3,(H,12,13);1-4H3;1-2,4-6H2;1-2H3;3H,2H2,1H3;1H;;;1H,(H,2,3,4);1H2/q;;;;;;+1;;;;2*+1;;/p-3/t;;;;6-;;;;;;;;;/m....0........./s1. The number of likely N-dealkylation sites (tertiary alicyclic amines) is 1. The summed E-state index contributed by atoms with van der Waals surface area (Å²) in [5, 5.41) is 50.6. The number of aliphatic hydroxyl groups is 1. The number of carbonyl (C=O) groups excluding carboxylic acids is 13. The Morgan fingerprint density at radius 2 is 0.844 bits per heavy atom. The number of nitriles is 2. The van der Waals surface area contributed by atoms with Crippen molar-refractivity contribution in [2.24, 2.45) is 0 Å². The Morgan fingerprint density at radius 1 is 0.511 bits per heavy atom. The molecule has 0 bridgehead atoms. The molecule has 4 aromatic heterocycles. The van der Waals surface area contributed by atoms with Crippen LogP contribution >= 0.6 is 10.5 Å². The molecule has 0 saturated carbocycles. The molecule has 778 valence electrons. The van der Waals surface area contributed by atoms with Gasteiger partial charge in [-0.05, 0) is 283 Å². The Morgan fingerprint density at radius 3 is 1.13 bits per heavy atom. The van der Waals surface area contributed by atoms with Gasteiger partial charge >= 0.3 is 158 Å². The first-order chi connectivity index (χ1) is 63.5. The Kier molecular flexibility index (Phi) is 61.4. The molecule has 40 nitrogen and oxygen atoms in total. The molecule has 1 atom stereocenters. The zero-order valence-electron chi connectivity index (χ0n) is 86.6. The van der Waals surface area contributed by atoms with Gasteiger partial charge in [0.05, 0.1) is 48.3 Å². The monoisotopic (exact) mass is 2140 g/mol. The molecule has 3 saturated heterocycles. The number of fused-ring (bicyclic) bond motifs is 4. The van der Waals surface area contributed by atoms with Crippen LogP contribution in [0.2, 0.25) is 0 Å². The Hall–Kier alpha value is -8.25. The number of Topliss-reactive ketones (excluding diaryl/α,β-unsaturated/α-hetero) is 2. The van der Waals surface area contributed by atoms with E-state index in [0.717, 1.165) is 116 Å². The summed E-state index contributed by atoms with van der Waals surface area (Å²) in [5.41, 5.74) is 6.24. The summed E-state index contributed by atoms with van der Waals surface area (Å²) in [6.07, 6.45) is 12.4. The van der Waals surface area contributed by atoms with Crippen molar-refractivity contribution < 1.29 is 256 Å². The van der Waals surface area contributed by atoms with Gasteiger partial charge in [0, 0.05) is 92.8 Å². The number of aliphatic carboxylic acids is 1. The summed E-state index contributed by atoms with van der Waals surface area (Å²) < 4.78 is 81.5. The third kappa shape index (κ3) is 44.3. The second-order valence-electron chi connectivity index (χ2n) is 36.4. The maximum atomic E-state index is 13.2. The third-order valence-corrected chi connectivity index (χ3v) is 24.7. The van der Waals surface area contributed by atoms with Gasteiger partial charge in [0.1, 0.15) is 79.6 Å². The SMILES string of the molecule is CC#CC(=O)OC(C)(C)C.CC(=O)OC(C)=O.CCO.CCOC(=O)C(=O)N1CCC[C@H]1C(=O)O.CCOC(=O)c1c(C)c(C(=O)OC(C)(C)C)c2n1CCC2.COC(=O)C(=O)c1c(C)c(C(=O)OC(C)(C)C)c2n1CCC2.Cc1c(C(=O)OC(C)(C)C)c2n(c1C(=O)C(C#N)=S1CCCC1)CCC2.Cc1c(C(=O)OC(C)(C)C)c2n(c1C(=O)O)CCC2.N#CC[S+]1CCCC1.O=S(=O)([O-])OO.[Br-].[K+].[Na+].[OH-]. The normalized spacial score (nSPS) is 14.3. The molecule has 7 aliphatic rings. The molecule has 0 aromatic carbocycles. The number of carboxylic acids is 2. The largest absolute Gasteiger partial charge is 1.00 e. The summed E-state index contributed by atoms with van der Waals surface area (Å²) in [4.78, 5) is 175. The van der Waals surface area contributed by atoms with E-state index in [1.165, 1.54) is 38.2 Å². The van der Waals surface area contributed by atoms with Crippen LogP contribution in [0.4, 0.5) is 0 Å². The van der Waals surface area contributed by atoms with E-state index in [1.807, 2.05) is 78.4 Å². The fraction of sp³-hybridized carbons (Fsp3) is 0.621. The number of carbonyl (C=O) groups is 15. The number of ether oxygens (including phenoxy) is 9. The third-order valence-electron chi connectivity index (χ3n) is 19.8. The molecular formula is C95H138BrKN7NaO33S3. The van der Waals surface area contributed by atoms with Crippen molar-refractivity contribution in [3.63, 3.8) is 0 Å². The summed E-state index contributed by atoms with van der Waals surface area (Å²) >= 11 is 0. The van der Waals surface area contributed by atoms with Crippen molar-refractivity contribution in [1.82, 2.24) is 23.2 Å². The number of rotatable bonds is 15. The fourth-order valence-corrected chi connectivity index (χ4v) is 19.2. The number of ketones is 2. The molecular weight excluding hydrogens is 2010 g/mol. The molecule has 0 unspecified atom stereocenters. The van der Waals surface area contributed by atoms with Gasteiger partial charge in [0.15, 0.2) is 5.75 Å². The van der Waals surface area contributed by atoms with Crippen LogP contribution in [0.25, 0.3) is 0 Å². The average molecular weight is 2140 g/mol. The number of hydrogen-bond acceptors (Lipinski definition) is 33. The number of aromatic nitrogens is 4. The first-order valence-corrected chi connectivity index (χ1v) is 49.4. The van der Waals surface area contributed by atoms with E-state index in [9.17, 15) is 82.3 Å². The summed E-state index contributed by atoms with van der Waals surface area (Å²) in [6.45, 7) is 46.9. The zero-order valence-corrected chi connectivity index (χ0v) is 95.7. The van der Waals surface area contributed by atoms with Crippen molar-refractivity contribution >= 4 is 126 Å². The quantitative estimate of drug-likeness (QED) is 0.0105. The summed E-state index contributed by atoms with van der Waals surface area (Å²) in [5.74, 6) is 0.770. The predicted octanol–water partition coefficient (Wildman–Crippen LogP) is 2.73. The predicted molar refractivity (Wildman–Crippen MR) is 507 cm³/mol. The van der Waals surface area contributed by atoms with Gasteiger partial charge in [-0.25, -0.2) is 61.6 Å². The van der Waals surface area contributed by atoms with Crippen LogP contribution in [0.15, 0.2) is 0 Å². The minimum absolute atomic E-state index is 0. The number of nitrogens with zero attached hydrogens (tertiary/aromatic N) is 7. The Balaban J connectivity index is -0.00000156. The number of esters is 10. The first-order valence-electron chi connectivity index (χ1n) is 44.8. The van der Waals surface area contributed by atoms with E-state index in [4.69, 9.17) is 62.1 Å². The van der Waals surface area contributed by atoms with Crippen LogP contribution in [-0.2, 0) is 154 Å². The van der Waals surface area contributed by atoms with Crippen LogP contribution in [0.5, 0.6) is 0 Å². The average Bonchev–Trinajstić information content (AvgIpc) is 1.61. The first kappa shape index (κ1) is 137. The maximum absolute atomic E-state index is 13.2. The molecule has 0 spiro atoms. The van der Waals surface area contributed by atoms with Gasteiger partial charge in [0.25, 0.3) is 5.78 Å². The number of halogens is 1. The van der Waals surface area contributed by atoms with Crippen LogP contribution in [-0.4, -0.2) is 252 Å². The smallest absolute Gasteiger partial charge is 1.00 e. The van der Waals surface area contributed by atoms with E-state index in [-0.39, 0.29) is 162 Å². The van der Waals surface area contributed by atoms with E-state index in [1.54, 1.807) is 99.1 Å². The zero-order chi connectivity index (χ0) is 105. The van der Waals surface area contributed by atoms with Crippen LogP contribution in [0, 0.1) is 62.2 Å². The van der Waals surface area contributed by atoms with E-state index >= 15 is 0 Å². The maximum Gasteiger partial charge on any atom is 1.00 e. The minimum atomic E-state index is -4.86. The van der Waals surface area contributed by atoms with Crippen molar-refractivity contribution in [2.45, 2.75) is 323 Å². The van der Waals surface area contributed by atoms with Gasteiger partial charge in [-0.15, -0.1) is 4.33 Å². The number of carboxylic acid groups (broad SMARTS) is 2. The molecule has 46 heteroatoms. The number of methoxy groups -OCH3 is 1. The molecule has 1 amide bonds. The second kappa shape index (κ2) is 63.2. The molecule has 3 fully saturated rings. The van der Waals surface area contributed by atoms with Crippen LogP contribution < -0.4 is 97.9 Å². The molecule has 4 aromatic rings. The van der Waals surface area contributed by atoms with Gasteiger partial charge in [0.2, 0.25) is 16.2 Å². The van der Waals surface area contributed by atoms with E-state index < -0.39 is 110 Å². The molecule has 5 N–H and O–H groups in total. The topological polar surface area (TPSA) is 587 Å². The van der Waals surface area contributed by atoms with Crippen molar-refractivity contribution in [3.05, 3.63) is 90.1 Å². The summed E-state index contributed by atoms with van der Waals surface area (Å²) in [7, 11) is -3.42. The number of aliphatic hydroxyl groups excluding tert-OH is 1. The van der Waals surface area contributed by atoms with E-state index in [0.29, 0.717) is 124 Å². The minimum Gasteiger partial charge on any atom is -1.00 e. The summed E-state index contributed by atoms with van der Waals surface area (Å²) in [6, 6.07) is 3.52. The van der Waals surface area contributed by atoms with Gasteiger partial charge in [-0.2, -0.15) is 21.0 Å². The van der Waals surface area contributed by atoms with E-state index in [2.05, 4.69) is 42.5 Å². The van der Waals surface area contributed by atoms with Gasteiger partial charge < -0.3 is 108 Å². The van der Waals surface area contributed by atoms with Crippen molar-refractivity contribution in [3.8, 4) is 24.0 Å². The van der Waals surface area contributed by atoms with Gasteiger partial charge in [-0.1, -0.05) is 5.92 Å². The molecule has 0 aliphatic carbocycles. The number of hydrogen-bond donors (Lipinski definition) is 4. The van der Waals surface area contributed by atoms with Gasteiger partial charge in [-0.3, -0.25) is 24.0 Å². The molecule has 11 rings (SSSR count). The van der Waals surface area contributed by atoms with Crippen molar-refractivity contribution in [1.29, 1.82) is 10.5 Å². The molecule has 7 aliphatic heterocycles. The number of amides is 1. The van der Waals surface area contributed by atoms with Crippen LogP contribution in [0.1, 0.15) is 338 Å². The second-order valence-corrected chi connectivity index (χ2v) is 41.9. The Labute approximate surface area is 906 Å². The Bertz CT molecular complexity index is 5350. The molecule has 11 heterocycles. The van der Waals surface area contributed by atoms with Crippen LogP contribution in [0.3, 0.4) is 0 Å². The molecule has 141 heavy (non-hydrogen) atoms.